The Hall–Kier alpha value is -1.61. The highest BCUT2D eigenvalue weighted by Gasteiger charge is 1.94. The van der Waals surface area contributed by atoms with Gasteiger partial charge in [0.2, 0.25) is 0 Å². The highest BCUT2D eigenvalue weighted by molar-refractivity contribution is 5.91. The molecule has 1 rings (SSSR count). The minimum atomic E-state index is -0.268. The molecule has 0 unspecified atom stereocenters. The summed E-state index contributed by atoms with van der Waals surface area (Å²) in [5.74, 6) is -0.268. The Morgan fingerprint density at radius 1 is 1.43 bits per heavy atom. The maximum Gasteiger partial charge on any atom is 0.267 e. The maximum atomic E-state index is 11.0. The zero-order chi connectivity index (χ0) is 10.4. The highest BCUT2D eigenvalue weighted by atomic mass is 16.6. The van der Waals surface area contributed by atoms with E-state index < -0.39 is 0 Å². The smallest absolute Gasteiger partial charge is 0.267 e. The van der Waals surface area contributed by atoms with Gasteiger partial charge in [0.25, 0.3) is 5.91 Å². The van der Waals surface area contributed by atoms with Gasteiger partial charge in [-0.25, -0.2) is 5.48 Å². The van der Waals surface area contributed by atoms with Crippen LogP contribution in [0, 0.1) is 6.92 Å². The molecular formula is C11H13NO2. The number of nitrogens with one attached hydrogen (secondary N) is 1. The predicted octanol–water partition coefficient (Wildman–Crippen LogP) is 1.69. The first-order valence-electron chi connectivity index (χ1n) is 4.30. The van der Waals surface area contributed by atoms with Gasteiger partial charge in [0.05, 0.1) is 7.11 Å². The Kier molecular flexibility index (Phi) is 3.88. The van der Waals surface area contributed by atoms with E-state index in [2.05, 4.69) is 10.3 Å². The summed E-state index contributed by atoms with van der Waals surface area (Å²) >= 11 is 0. The summed E-state index contributed by atoms with van der Waals surface area (Å²) < 4.78 is 0. The van der Waals surface area contributed by atoms with E-state index >= 15 is 0 Å². The fourth-order valence-corrected chi connectivity index (χ4v) is 1.07. The van der Waals surface area contributed by atoms with Crippen LogP contribution in [0.25, 0.3) is 6.08 Å². The third kappa shape index (κ3) is 3.03. The number of hydrogen-bond acceptors (Lipinski definition) is 2. The fourth-order valence-electron chi connectivity index (χ4n) is 1.07. The van der Waals surface area contributed by atoms with E-state index in [9.17, 15) is 4.79 Å². The van der Waals surface area contributed by atoms with Gasteiger partial charge in [-0.05, 0) is 24.1 Å². The monoisotopic (exact) mass is 191 g/mol. The van der Waals surface area contributed by atoms with Crippen LogP contribution >= 0.6 is 0 Å². The Bertz CT molecular complexity index is 345. The topological polar surface area (TPSA) is 38.3 Å². The molecule has 14 heavy (non-hydrogen) atoms. The number of benzene rings is 1. The van der Waals surface area contributed by atoms with Crippen LogP contribution in [-0.2, 0) is 9.63 Å². The summed E-state index contributed by atoms with van der Waals surface area (Å²) in [5.41, 5.74) is 4.37. The van der Waals surface area contributed by atoms with Crippen LogP contribution in [0.15, 0.2) is 30.3 Å². The fraction of sp³-hybridized carbons (Fsp3) is 0.182. The molecule has 0 saturated carbocycles. The summed E-state index contributed by atoms with van der Waals surface area (Å²) in [6.45, 7) is 1.99. The molecule has 3 nitrogen and oxygen atoms in total. The molecule has 0 aliphatic rings. The number of carbonyl (C=O) groups is 1. The number of amides is 1. The molecule has 0 aliphatic carbocycles. The van der Waals surface area contributed by atoms with E-state index in [0.29, 0.717) is 0 Å². The van der Waals surface area contributed by atoms with E-state index in [0.717, 1.165) is 11.1 Å². The molecule has 1 amide bonds. The van der Waals surface area contributed by atoms with Gasteiger partial charge in [0, 0.05) is 6.08 Å². The second kappa shape index (κ2) is 5.19. The van der Waals surface area contributed by atoms with E-state index in [1.54, 1.807) is 6.08 Å². The second-order valence-corrected chi connectivity index (χ2v) is 2.86. The lowest BCUT2D eigenvalue weighted by molar-refractivity contribution is -0.126. The molecule has 0 saturated heterocycles. The van der Waals surface area contributed by atoms with Crippen molar-refractivity contribution in [3.05, 3.63) is 41.5 Å². The first kappa shape index (κ1) is 10.5. The van der Waals surface area contributed by atoms with Gasteiger partial charge in [-0.2, -0.15) is 0 Å². The Labute approximate surface area is 83.3 Å². The third-order valence-electron chi connectivity index (χ3n) is 1.81. The lowest BCUT2D eigenvalue weighted by Crippen LogP contribution is -2.18. The Balaban J connectivity index is 2.69. The van der Waals surface area contributed by atoms with Crippen LogP contribution in [0.2, 0.25) is 0 Å². The van der Waals surface area contributed by atoms with E-state index in [1.807, 2.05) is 31.2 Å². The van der Waals surface area contributed by atoms with Crippen LogP contribution in [0.5, 0.6) is 0 Å². The molecule has 3 heteroatoms. The van der Waals surface area contributed by atoms with Crippen LogP contribution in [-0.4, -0.2) is 13.0 Å². The molecule has 1 aromatic rings. The van der Waals surface area contributed by atoms with Crippen molar-refractivity contribution < 1.29 is 9.63 Å². The molecule has 0 radical (unpaired) electrons. The van der Waals surface area contributed by atoms with Gasteiger partial charge in [0.1, 0.15) is 0 Å². The van der Waals surface area contributed by atoms with Crippen molar-refractivity contribution in [1.82, 2.24) is 5.48 Å². The van der Waals surface area contributed by atoms with Gasteiger partial charge in [-0.1, -0.05) is 24.3 Å². The lowest BCUT2D eigenvalue weighted by atomic mass is 10.1. The van der Waals surface area contributed by atoms with Crippen molar-refractivity contribution in [2.24, 2.45) is 0 Å². The molecule has 0 bridgehead atoms. The zero-order valence-corrected chi connectivity index (χ0v) is 8.28. The van der Waals surface area contributed by atoms with Crippen LogP contribution < -0.4 is 5.48 Å². The normalized spacial score (nSPS) is 10.4. The molecule has 0 aliphatic heterocycles. The van der Waals surface area contributed by atoms with Gasteiger partial charge in [0.15, 0.2) is 0 Å². The quantitative estimate of drug-likeness (QED) is 0.583. The van der Waals surface area contributed by atoms with E-state index in [-0.39, 0.29) is 5.91 Å². The summed E-state index contributed by atoms with van der Waals surface area (Å²) in [4.78, 5) is 15.5. The highest BCUT2D eigenvalue weighted by Crippen LogP contribution is 2.08. The molecule has 0 heterocycles. The van der Waals surface area contributed by atoms with Crippen molar-refractivity contribution in [2.75, 3.05) is 7.11 Å². The molecule has 0 fully saturated rings. The molecule has 0 spiro atoms. The van der Waals surface area contributed by atoms with Crippen LogP contribution in [0.3, 0.4) is 0 Å². The SMILES string of the molecule is CONC(=O)/C=C/c1ccccc1C. The number of rotatable bonds is 3. The molecule has 0 aromatic heterocycles. The largest absolute Gasteiger partial charge is 0.277 e. The number of hydroxylamine groups is 1. The van der Waals surface area contributed by atoms with Crippen LogP contribution in [0.1, 0.15) is 11.1 Å². The van der Waals surface area contributed by atoms with Crippen molar-refractivity contribution in [3.63, 3.8) is 0 Å². The van der Waals surface area contributed by atoms with Gasteiger partial charge in [-0.15, -0.1) is 0 Å². The summed E-state index contributed by atoms with van der Waals surface area (Å²) in [6, 6.07) is 7.84. The van der Waals surface area contributed by atoms with E-state index in [4.69, 9.17) is 0 Å². The maximum absolute atomic E-state index is 11.0. The average Bonchev–Trinajstić information content (AvgIpc) is 2.17. The van der Waals surface area contributed by atoms with Crippen molar-refractivity contribution in [3.8, 4) is 0 Å². The minimum absolute atomic E-state index is 0.268. The Morgan fingerprint density at radius 2 is 2.14 bits per heavy atom. The molecule has 1 N–H and O–H groups in total. The minimum Gasteiger partial charge on any atom is -0.277 e. The number of carbonyl (C=O) groups excluding carboxylic acids is 1. The van der Waals surface area contributed by atoms with Crippen molar-refractivity contribution in [1.29, 1.82) is 0 Å². The number of aryl methyl sites for hydroxylation is 1. The van der Waals surface area contributed by atoms with Gasteiger partial charge >= 0.3 is 0 Å². The first-order chi connectivity index (χ1) is 6.74. The summed E-state index contributed by atoms with van der Waals surface area (Å²) in [5, 5.41) is 0. The van der Waals surface area contributed by atoms with E-state index in [1.165, 1.54) is 13.2 Å². The average molecular weight is 191 g/mol. The Morgan fingerprint density at radius 3 is 2.79 bits per heavy atom. The summed E-state index contributed by atoms with van der Waals surface area (Å²) in [7, 11) is 1.40. The molecule has 1 aromatic carbocycles. The van der Waals surface area contributed by atoms with Crippen molar-refractivity contribution >= 4 is 12.0 Å². The first-order valence-corrected chi connectivity index (χ1v) is 4.30. The predicted molar refractivity (Wildman–Crippen MR) is 55.4 cm³/mol. The van der Waals surface area contributed by atoms with Gasteiger partial charge < -0.3 is 0 Å². The molecule has 0 atom stereocenters. The standard InChI is InChI=1S/C11H13NO2/c1-9-5-3-4-6-10(9)7-8-11(13)12-14-2/h3-8H,1-2H3,(H,12,13)/b8-7+. The number of hydrogen-bond donors (Lipinski definition) is 1. The molecule has 74 valence electrons. The van der Waals surface area contributed by atoms with Crippen molar-refractivity contribution in [2.45, 2.75) is 6.92 Å². The molecular weight excluding hydrogens is 178 g/mol. The summed E-state index contributed by atoms with van der Waals surface area (Å²) in [6.07, 6.45) is 3.19. The van der Waals surface area contributed by atoms with Gasteiger partial charge in [-0.3, -0.25) is 9.63 Å². The zero-order valence-electron chi connectivity index (χ0n) is 8.28. The second-order valence-electron chi connectivity index (χ2n) is 2.86. The van der Waals surface area contributed by atoms with Crippen LogP contribution in [0.4, 0.5) is 0 Å². The third-order valence-corrected chi connectivity index (χ3v) is 1.81. The lowest BCUT2D eigenvalue weighted by Gasteiger charge is -1.98.